The minimum absolute atomic E-state index is 0.0693. The maximum absolute atomic E-state index is 13.7. The van der Waals surface area contributed by atoms with Crippen LogP contribution in [0.2, 0.25) is 0 Å². The van der Waals surface area contributed by atoms with E-state index in [4.69, 9.17) is 5.73 Å². The Morgan fingerprint density at radius 3 is 2.33 bits per heavy atom. The van der Waals surface area contributed by atoms with E-state index in [2.05, 4.69) is 13.2 Å². The van der Waals surface area contributed by atoms with Crippen LogP contribution in [0.4, 0.5) is 14.5 Å². The highest BCUT2D eigenvalue weighted by Gasteiger charge is 2.13. The maximum atomic E-state index is 13.7. The van der Waals surface area contributed by atoms with Crippen molar-refractivity contribution < 1.29 is 8.78 Å². The van der Waals surface area contributed by atoms with Gasteiger partial charge in [-0.25, -0.2) is 8.78 Å². The van der Waals surface area contributed by atoms with Crippen molar-refractivity contribution in [1.29, 1.82) is 0 Å². The minimum atomic E-state index is -0.749. The van der Waals surface area contributed by atoms with Gasteiger partial charge in [0, 0.05) is 21.4 Å². The van der Waals surface area contributed by atoms with Crippen molar-refractivity contribution in [2.45, 2.75) is 0 Å². The van der Waals surface area contributed by atoms with Crippen LogP contribution in [0, 0.1) is 11.6 Å². The Balaban J connectivity index is 2.61. The molecule has 0 aliphatic heterocycles. The largest absolute Gasteiger partial charge is 0.396 e. The SMILES string of the molecule is C=Cc1cc(-c2cc(N)c(F)cc2F)sc1C=C. The fourth-order valence-electron chi connectivity index (χ4n) is 1.63. The van der Waals surface area contributed by atoms with E-state index in [0.717, 1.165) is 16.5 Å². The molecule has 0 atom stereocenters. The Hall–Kier alpha value is -1.94. The Bertz CT molecular complexity index is 603. The molecule has 1 heterocycles. The van der Waals surface area contributed by atoms with Crippen LogP contribution >= 0.6 is 11.3 Å². The van der Waals surface area contributed by atoms with Crippen molar-refractivity contribution in [2.75, 3.05) is 5.73 Å². The lowest BCUT2D eigenvalue weighted by molar-refractivity contribution is 0.589. The van der Waals surface area contributed by atoms with Gasteiger partial charge in [0.1, 0.15) is 11.6 Å². The van der Waals surface area contributed by atoms with Crippen LogP contribution in [0.15, 0.2) is 31.4 Å². The summed E-state index contributed by atoms with van der Waals surface area (Å²) in [6.45, 7) is 7.37. The number of halogens is 2. The van der Waals surface area contributed by atoms with E-state index < -0.39 is 11.6 Å². The van der Waals surface area contributed by atoms with E-state index in [0.29, 0.717) is 4.88 Å². The summed E-state index contributed by atoms with van der Waals surface area (Å²) in [6.07, 6.45) is 3.35. The van der Waals surface area contributed by atoms with Crippen LogP contribution in [-0.4, -0.2) is 0 Å². The third-order valence-corrected chi connectivity index (χ3v) is 3.73. The van der Waals surface area contributed by atoms with E-state index >= 15 is 0 Å². The second-order valence-electron chi connectivity index (χ2n) is 3.69. The van der Waals surface area contributed by atoms with Gasteiger partial charge >= 0.3 is 0 Å². The number of benzene rings is 1. The summed E-state index contributed by atoms with van der Waals surface area (Å²) in [6, 6.07) is 3.88. The molecule has 0 saturated heterocycles. The first kappa shape index (κ1) is 12.5. The lowest BCUT2D eigenvalue weighted by Gasteiger charge is -2.03. The van der Waals surface area contributed by atoms with Crippen molar-refractivity contribution in [2.24, 2.45) is 0 Å². The molecule has 0 amide bonds. The van der Waals surface area contributed by atoms with Gasteiger partial charge in [-0.05, 0) is 17.7 Å². The smallest absolute Gasteiger partial charge is 0.149 e. The molecule has 2 rings (SSSR count). The van der Waals surface area contributed by atoms with Gasteiger partial charge in [0.15, 0.2) is 0 Å². The topological polar surface area (TPSA) is 26.0 Å². The highest BCUT2D eigenvalue weighted by Crippen LogP contribution is 2.35. The predicted octanol–water partition coefficient (Wildman–Crippen LogP) is 4.56. The zero-order valence-electron chi connectivity index (χ0n) is 9.54. The Kier molecular flexibility index (Phi) is 3.30. The molecule has 1 aromatic carbocycles. The first-order valence-electron chi connectivity index (χ1n) is 5.20. The Labute approximate surface area is 108 Å². The molecule has 0 aliphatic rings. The Morgan fingerprint density at radius 2 is 1.78 bits per heavy atom. The lowest BCUT2D eigenvalue weighted by atomic mass is 10.1. The molecular formula is C14H11F2NS. The first-order chi connectivity index (χ1) is 8.56. The molecule has 0 spiro atoms. The van der Waals surface area contributed by atoms with Crippen LogP contribution in [-0.2, 0) is 0 Å². The lowest BCUT2D eigenvalue weighted by Crippen LogP contribution is -1.93. The molecule has 0 fully saturated rings. The summed E-state index contributed by atoms with van der Waals surface area (Å²) in [5.74, 6) is -1.38. The summed E-state index contributed by atoms with van der Waals surface area (Å²) >= 11 is 1.36. The molecule has 0 aliphatic carbocycles. The first-order valence-corrected chi connectivity index (χ1v) is 6.02. The minimum Gasteiger partial charge on any atom is -0.396 e. The standard InChI is InChI=1S/C14H11F2NS/c1-3-8-5-14(18-13(8)4-2)9-6-12(17)11(16)7-10(9)15/h3-7H,1-2,17H2. The molecule has 0 unspecified atom stereocenters. The zero-order chi connectivity index (χ0) is 13.3. The number of thiophene rings is 1. The molecule has 18 heavy (non-hydrogen) atoms. The van der Waals surface area contributed by atoms with Crippen LogP contribution in [0.3, 0.4) is 0 Å². The predicted molar refractivity (Wildman–Crippen MR) is 74.3 cm³/mol. The normalized spacial score (nSPS) is 10.3. The highest BCUT2D eigenvalue weighted by atomic mass is 32.1. The van der Waals surface area contributed by atoms with Crippen molar-refractivity contribution in [3.8, 4) is 10.4 Å². The van der Waals surface area contributed by atoms with Gasteiger partial charge in [0.25, 0.3) is 0 Å². The van der Waals surface area contributed by atoms with E-state index in [-0.39, 0.29) is 11.3 Å². The third-order valence-electron chi connectivity index (χ3n) is 2.55. The van der Waals surface area contributed by atoms with Gasteiger partial charge in [-0.3, -0.25) is 0 Å². The van der Waals surface area contributed by atoms with E-state index in [9.17, 15) is 8.78 Å². The van der Waals surface area contributed by atoms with Gasteiger partial charge < -0.3 is 5.73 Å². The average molecular weight is 263 g/mol. The zero-order valence-corrected chi connectivity index (χ0v) is 10.4. The van der Waals surface area contributed by atoms with E-state index in [1.165, 1.54) is 17.4 Å². The second-order valence-corrected chi connectivity index (χ2v) is 4.78. The molecule has 1 nitrogen and oxygen atoms in total. The summed E-state index contributed by atoms with van der Waals surface area (Å²) in [4.78, 5) is 1.56. The fraction of sp³-hybridized carbons (Fsp3) is 0. The maximum Gasteiger partial charge on any atom is 0.149 e. The number of anilines is 1. The molecule has 2 aromatic rings. The van der Waals surface area contributed by atoms with Gasteiger partial charge in [-0.2, -0.15) is 0 Å². The number of nitrogens with two attached hydrogens (primary N) is 1. The molecule has 4 heteroatoms. The van der Waals surface area contributed by atoms with E-state index in [1.54, 1.807) is 18.2 Å². The number of rotatable bonds is 3. The highest BCUT2D eigenvalue weighted by molar-refractivity contribution is 7.16. The molecule has 2 N–H and O–H groups in total. The average Bonchev–Trinajstić information content (AvgIpc) is 2.76. The monoisotopic (exact) mass is 263 g/mol. The quantitative estimate of drug-likeness (QED) is 0.807. The van der Waals surface area contributed by atoms with Gasteiger partial charge in [-0.15, -0.1) is 11.3 Å². The molecule has 0 saturated carbocycles. The van der Waals surface area contributed by atoms with E-state index in [1.807, 2.05) is 0 Å². The van der Waals surface area contributed by atoms with Crippen LogP contribution in [0.1, 0.15) is 10.4 Å². The van der Waals surface area contributed by atoms with Gasteiger partial charge in [-0.1, -0.05) is 25.3 Å². The fourth-order valence-corrected chi connectivity index (χ4v) is 2.66. The van der Waals surface area contributed by atoms with Crippen LogP contribution in [0.25, 0.3) is 22.6 Å². The van der Waals surface area contributed by atoms with Gasteiger partial charge in [0.05, 0.1) is 5.69 Å². The second kappa shape index (κ2) is 4.74. The summed E-state index contributed by atoms with van der Waals surface area (Å²) in [5.41, 5.74) is 6.55. The van der Waals surface area contributed by atoms with Crippen molar-refractivity contribution in [3.63, 3.8) is 0 Å². The molecule has 0 bridgehead atoms. The van der Waals surface area contributed by atoms with Crippen molar-refractivity contribution in [1.82, 2.24) is 0 Å². The third kappa shape index (κ3) is 2.07. The number of hydrogen-bond acceptors (Lipinski definition) is 2. The number of hydrogen-bond donors (Lipinski definition) is 1. The summed E-state index contributed by atoms with van der Waals surface area (Å²) in [5, 5.41) is 0. The molecule has 0 radical (unpaired) electrons. The summed E-state index contributed by atoms with van der Waals surface area (Å²) < 4.78 is 26.8. The summed E-state index contributed by atoms with van der Waals surface area (Å²) in [7, 11) is 0. The van der Waals surface area contributed by atoms with Crippen LogP contribution < -0.4 is 5.73 Å². The van der Waals surface area contributed by atoms with Gasteiger partial charge in [0.2, 0.25) is 0 Å². The molecular weight excluding hydrogens is 252 g/mol. The van der Waals surface area contributed by atoms with Crippen molar-refractivity contribution >= 4 is 29.2 Å². The molecule has 1 aromatic heterocycles. The molecule has 92 valence electrons. The van der Waals surface area contributed by atoms with Crippen molar-refractivity contribution in [3.05, 3.63) is 53.4 Å². The Morgan fingerprint density at radius 1 is 1.06 bits per heavy atom. The number of nitrogen functional groups attached to an aromatic ring is 1. The van der Waals surface area contributed by atoms with Crippen LogP contribution in [0.5, 0.6) is 0 Å².